The van der Waals surface area contributed by atoms with Crippen molar-refractivity contribution in [3.05, 3.63) is 57.5 Å². The van der Waals surface area contributed by atoms with Gasteiger partial charge in [0.05, 0.1) is 13.7 Å². The number of benzene rings is 1. The van der Waals surface area contributed by atoms with Gasteiger partial charge in [0, 0.05) is 29.7 Å². The largest absolute Gasteiger partial charge is 0.493 e. The van der Waals surface area contributed by atoms with Crippen LogP contribution in [-0.2, 0) is 0 Å². The summed E-state index contributed by atoms with van der Waals surface area (Å²) < 4.78 is 13.0. The zero-order valence-corrected chi connectivity index (χ0v) is 14.1. The van der Waals surface area contributed by atoms with Gasteiger partial charge in [-0.25, -0.2) is 0 Å². The molecule has 0 N–H and O–H groups in total. The number of methoxy groups -OCH3 is 1. The molecule has 4 heteroatoms. The first-order valence-corrected chi connectivity index (χ1v) is 7.74. The average Bonchev–Trinajstić information content (AvgIpc) is 2.52. The van der Waals surface area contributed by atoms with Gasteiger partial charge in [-0.3, -0.25) is 4.79 Å². The van der Waals surface area contributed by atoms with Crippen LogP contribution in [0.3, 0.4) is 0 Å². The lowest BCUT2D eigenvalue weighted by atomic mass is 10.2. The van der Waals surface area contributed by atoms with Crippen molar-refractivity contribution in [1.82, 2.24) is 4.57 Å². The molecule has 1 heterocycles. The Balaban J connectivity index is 2.31. The number of pyridine rings is 1. The van der Waals surface area contributed by atoms with E-state index in [0.29, 0.717) is 6.61 Å². The fourth-order valence-corrected chi connectivity index (χ4v) is 2.39. The number of rotatable bonds is 6. The number of hydrogen-bond donors (Lipinski definition) is 0. The van der Waals surface area contributed by atoms with Crippen molar-refractivity contribution in [3.63, 3.8) is 0 Å². The van der Waals surface area contributed by atoms with Crippen LogP contribution in [-0.4, -0.2) is 18.3 Å². The maximum absolute atomic E-state index is 11.5. The summed E-state index contributed by atoms with van der Waals surface area (Å²) in [7, 11) is 1.64. The standard InChI is InChI=1S/C19H23NO3/c1-5-10-23-19-13-16(6-7-18(19)22-4)8-9-20-14(2)11-17(21)12-15(20)3/h6-9,11-13H,5,10H2,1-4H3. The van der Waals surface area contributed by atoms with E-state index in [9.17, 15) is 4.79 Å². The normalized spacial score (nSPS) is 11.0. The van der Waals surface area contributed by atoms with E-state index in [1.165, 1.54) is 0 Å². The molecule has 23 heavy (non-hydrogen) atoms. The van der Waals surface area contributed by atoms with E-state index in [2.05, 4.69) is 6.92 Å². The zero-order chi connectivity index (χ0) is 16.8. The summed E-state index contributed by atoms with van der Waals surface area (Å²) in [6.45, 7) is 6.56. The van der Waals surface area contributed by atoms with Crippen molar-refractivity contribution >= 4 is 12.3 Å². The van der Waals surface area contributed by atoms with Gasteiger partial charge in [0.2, 0.25) is 0 Å². The molecular formula is C19H23NO3. The van der Waals surface area contributed by atoms with Crippen LogP contribution in [0, 0.1) is 13.8 Å². The zero-order valence-electron chi connectivity index (χ0n) is 14.1. The van der Waals surface area contributed by atoms with Gasteiger partial charge in [-0.1, -0.05) is 13.0 Å². The Labute approximate surface area is 137 Å². The Morgan fingerprint density at radius 2 is 1.78 bits per heavy atom. The lowest BCUT2D eigenvalue weighted by molar-refractivity contribution is 0.294. The van der Waals surface area contributed by atoms with Crippen LogP contribution in [0.4, 0.5) is 0 Å². The molecular weight excluding hydrogens is 290 g/mol. The molecule has 0 saturated carbocycles. The van der Waals surface area contributed by atoms with Crippen LogP contribution in [0.2, 0.25) is 0 Å². The molecule has 0 bridgehead atoms. The molecule has 0 aliphatic heterocycles. The molecule has 2 rings (SSSR count). The minimum Gasteiger partial charge on any atom is -0.493 e. The van der Waals surface area contributed by atoms with Gasteiger partial charge in [0.25, 0.3) is 0 Å². The number of aromatic nitrogens is 1. The molecule has 0 fully saturated rings. The number of aryl methyl sites for hydroxylation is 2. The summed E-state index contributed by atoms with van der Waals surface area (Å²) >= 11 is 0. The van der Waals surface area contributed by atoms with Gasteiger partial charge in [-0.15, -0.1) is 0 Å². The SMILES string of the molecule is CCCOc1cc(C=Cn2c(C)cc(=O)cc2C)ccc1OC. The number of ether oxygens (including phenoxy) is 2. The summed E-state index contributed by atoms with van der Waals surface area (Å²) in [5.74, 6) is 1.47. The third-order valence-electron chi connectivity index (χ3n) is 3.53. The molecule has 1 aromatic carbocycles. The minimum atomic E-state index is 0.0318. The van der Waals surface area contributed by atoms with E-state index < -0.39 is 0 Å². The highest BCUT2D eigenvalue weighted by molar-refractivity contribution is 5.64. The van der Waals surface area contributed by atoms with E-state index in [1.807, 2.05) is 48.9 Å². The first-order valence-electron chi connectivity index (χ1n) is 7.74. The monoisotopic (exact) mass is 313 g/mol. The van der Waals surface area contributed by atoms with Gasteiger partial charge in [0.15, 0.2) is 16.9 Å². The lowest BCUT2D eigenvalue weighted by Gasteiger charge is -2.11. The summed E-state index contributed by atoms with van der Waals surface area (Å²) in [6.07, 6.45) is 4.89. The number of nitrogens with zero attached hydrogens (tertiary/aromatic N) is 1. The predicted molar refractivity (Wildman–Crippen MR) is 94.2 cm³/mol. The van der Waals surface area contributed by atoms with Crippen LogP contribution >= 0.6 is 0 Å². The smallest absolute Gasteiger partial charge is 0.182 e. The van der Waals surface area contributed by atoms with Crippen molar-refractivity contribution in [2.24, 2.45) is 0 Å². The molecule has 0 aliphatic rings. The molecule has 1 aromatic heterocycles. The van der Waals surface area contributed by atoms with Crippen molar-refractivity contribution in [2.45, 2.75) is 27.2 Å². The second-order valence-electron chi connectivity index (χ2n) is 5.42. The lowest BCUT2D eigenvalue weighted by Crippen LogP contribution is -2.08. The van der Waals surface area contributed by atoms with Crippen LogP contribution in [0.25, 0.3) is 12.3 Å². The fraction of sp³-hybridized carbons (Fsp3) is 0.316. The maximum Gasteiger partial charge on any atom is 0.182 e. The maximum atomic E-state index is 11.5. The van der Waals surface area contributed by atoms with Crippen molar-refractivity contribution in [2.75, 3.05) is 13.7 Å². The molecule has 0 unspecified atom stereocenters. The van der Waals surface area contributed by atoms with Gasteiger partial charge < -0.3 is 14.0 Å². The van der Waals surface area contributed by atoms with E-state index in [-0.39, 0.29) is 5.43 Å². The summed E-state index contributed by atoms with van der Waals surface area (Å²) in [5, 5.41) is 0. The first-order chi connectivity index (χ1) is 11.0. The topological polar surface area (TPSA) is 40.5 Å². The van der Waals surface area contributed by atoms with E-state index in [1.54, 1.807) is 19.2 Å². The highest BCUT2D eigenvalue weighted by Gasteiger charge is 2.04. The van der Waals surface area contributed by atoms with E-state index in [0.717, 1.165) is 34.9 Å². The van der Waals surface area contributed by atoms with E-state index >= 15 is 0 Å². The molecule has 0 amide bonds. The van der Waals surface area contributed by atoms with Gasteiger partial charge in [-0.2, -0.15) is 0 Å². The van der Waals surface area contributed by atoms with Gasteiger partial charge >= 0.3 is 0 Å². The van der Waals surface area contributed by atoms with Crippen molar-refractivity contribution in [1.29, 1.82) is 0 Å². The molecule has 0 aliphatic carbocycles. The quantitative estimate of drug-likeness (QED) is 0.812. The Hall–Kier alpha value is -2.49. The predicted octanol–water partition coefficient (Wildman–Crippen LogP) is 3.89. The van der Waals surface area contributed by atoms with E-state index in [4.69, 9.17) is 9.47 Å². The molecule has 0 saturated heterocycles. The third kappa shape index (κ3) is 4.25. The Morgan fingerprint density at radius 1 is 1.09 bits per heavy atom. The van der Waals surface area contributed by atoms with Gasteiger partial charge in [0.1, 0.15) is 0 Å². The number of hydrogen-bond acceptors (Lipinski definition) is 3. The fourth-order valence-electron chi connectivity index (χ4n) is 2.39. The minimum absolute atomic E-state index is 0.0318. The molecule has 0 atom stereocenters. The van der Waals surface area contributed by atoms with Gasteiger partial charge in [-0.05, 0) is 44.0 Å². The average molecular weight is 313 g/mol. The molecule has 122 valence electrons. The highest BCUT2D eigenvalue weighted by atomic mass is 16.5. The van der Waals surface area contributed by atoms with Crippen molar-refractivity contribution < 1.29 is 9.47 Å². The van der Waals surface area contributed by atoms with Crippen LogP contribution in [0.5, 0.6) is 11.5 Å². The highest BCUT2D eigenvalue weighted by Crippen LogP contribution is 2.28. The summed E-state index contributed by atoms with van der Waals surface area (Å²) in [4.78, 5) is 11.5. The molecule has 4 nitrogen and oxygen atoms in total. The molecule has 2 aromatic rings. The molecule has 0 spiro atoms. The van der Waals surface area contributed by atoms with Crippen LogP contribution < -0.4 is 14.9 Å². The Morgan fingerprint density at radius 3 is 2.39 bits per heavy atom. The molecule has 0 radical (unpaired) electrons. The van der Waals surface area contributed by atoms with Crippen LogP contribution in [0.1, 0.15) is 30.3 Å². The summed E-state index contributed by atoms with van der Waals surface area (Å²) in [6, 6.07) is 9.08. The third-order valence-corrected chi connectivity index (χ3v) is 3.53. The Bertz CT molecular complexity index is 733. The summed E-state index contributed by atoms with van der Waals surface area (Å²) in [5.41, 5.74) is 2.85. The van der Waals surface area contributed by atoms with Crippen LogP contribution in [0.15, 0.2) is 35.1 Å². The first kappa shape index (κ1) is 16.9. The van der Waals surface area contributed by atoms with Crippen molar-refractivity contribution in [3.8, 4) is 11.5 Å². The second-order valence-corrected chi connectivity index (χ2v) is 5.42. The Kier molecular flexibility index (Phi) is 5.63. The second kappa shape index (κ2) is 7.68.